The minimum atomic E-state index is -3.38. The standard InChI is InChI=1S/C10H17NO3Si/c1-3-10(2)15-11(4-7-12-15,5-8-13-15)6-9-14-15/h3H,1-2,4-9H2. The van der Waals surface area contributed by atoms with Gasteiger partial charge in [0, 0.05) is 0 Å². The van der Waals surface area contributed by atoms with Crippen molar-refractivity contribution in [3.05, 3.63) is 24.4 Å². The number of hydrogen-bond acceptors (Lipinski definition) is 3. The van der Waals surface area contributed by atoms with Crippen LogP contribution in [0.2, 0.25) is 0 Å². The Morgan fingerprint density at radius 2 is 1.53 bits per heavy atom. The van der Waals surface area contributed by atoms with Gasteiger partial charge >= 0.3 is 89.6 Å². The van der Waals surface area contributed by atoms with Gasteiger partial charge < -0.3 is 0 Å². The summed E-state index contributed by atoms with van der Waals surface area (Å²) in [5.41, 5.74) is 0. The summed E-state index contributed by atoms with van der Waals surface area (Å²) in [6.45, 7) is 13.0. The minimum absolute atomic E-state index is 0.723. The fourth-order valence-electron chi connectivity index (χ4n) is 3.40. The van der Waals surface area contributed by atoms with Crippen LogP contribution in [0.5, 0.6) is 0 Å². The molecule has 0 N–H and O–H groups in total. The molecular weight excluding hydrogens is 210 g/mol. The van der Waals surface area contributed by atoms with Crippen molar-refractivity contribution < 1.29 is 17.4 Å². The molecule has 3 aliphatic rings. The van der Waals surface area contributed by atoms with Crippen molar-refractivity contribution in [1.29, 1.82) is 0 Å². The van der Waals surface area contributed by atoms with Crippen LogP contribution in [0.1, 0.15) is 0 Å². The van der Waals surface area contributed by atoms with Gasteiger partial charge in [0.1, 0.15) is 0 Å². The molecule has 4 nitrogen and oxygen atoms in total. The quantitative estimate of drug-likeness (QED) is 0.510. The van der Waals surface area contributed by atoms with Crippen molar-refractivity contribution in [2.24, 2.45) is 0 Å². The zero-order chi connectivity index (χ0) is 10.6. The third-order valence-electron chi connectivity index (χ3n) is 4.23. The summed E-state index contributed by atoms with van der Waals surface area (Å²) in [5, 5.41) is 0.850. The Balaban J connectivity index is 2.22. The van der Waals surface area contributed by atoms with Crippen LogP contribution in [0.15, 0.2) is 24.4 Å². The molecule has 3 aliphatic heterocycles. The molecule has 3 saturated heterocycles. The van der Waals surface area contributed by atoms with Gasteiger partial charge in [-0.1, -0.05) is 0 Å². The van der Waals surface area contributed by atoms with E-state index in [2.05, 4.69) is 13.2 Å². The summed E-state index contributed by atoms with van der Waals surface area (Å²) < 4.78 is 19.0. The van der Waals surface area contributed by atoms with E-state index in [4.69, 9.17) is 13.3 Å². The van der Waals surface area contributed by atoms with E-state index in [0.717, 1.165) is 48.8 Å². The Morgan fingerprint density at radius 1 is 1.07 bits per heavy atom. The van der Waals surface area contributed by atoms with Gasteiger partial charge in [0.05, 0.1) is 0 Å². The average molecular weight is 227 g/mol. The maximum atomic E-state index is 6.03. The second-order valence-corrected chi connectivity index (χ2v) is 8.87. The van der Waals surface area contributed by atoms with Gasteiger partial charge in [-0.3, -0.25) is 0 Å². The summed E-state index contributed by atoms with van der Waals surface area (Å²) >= 11 is 0. The summed E-state index contributed by atoms with van der Waals surface area (Å²) in [6.07, 6.45) is 1.75. The van der Waals surface area contributed by atoms with Crippen LogP contribution < -0.4 is 0 Å². The first-order valence-corrected chi connectivity index (χ1v) is 7.62. The molecule has 0 aromatic rings. The van der Waals surface area contributed by atoms with Crippen molar-refractivity contribution in [2.75, 3.05) is 39.5 Å². The van der Waals surface area contributed by atoms with Crippen molar-refractivity contribution in [1.82, 2.24) is 0 Å². The predicted octanol–water partition coefficient (Wildman–Crippen LogP) is 0.565. The number of hydrogen-bond donors (Lipinski definition) is 0. The van der Waals surface area contributed by atoms with Crippen molar-refractivity contribution >= 4 is 8.24 Å². The van der Waals surface area contributed by atoms with Crippen LogP contribution in [0.3, 0.4) is 0 Å². The van der Waals surface area contributed by atoms with Crippen LogP contribution in [0, 0.1) is 0 Å². The average Bonchev–Trinajstić information content (AvgIpc) is 2.74. The second kappa shape index (κ2) is 2.61. The molecule has 3 heterocycles. The van der Waals surface area contributed by atoms with E-state index in [-0.39, 0.29) is 0 Å². The number of quaternary nitrogens is 1. The van der Waals surface area contributed by atoms with Crippen molar-refractivity contribution in [2.45, 2.75) is 0 Å². The molecule has 3 rings (SSSR count). The van der Waals surface area contributed by atoms with Gasteiger partial charge in [0.25, 0.3) is 0 Å². The molecule has 0 unspecified atom stereocenters. The van der Waals surface area contributed by atoms with Crippen LogP contribution in [-0.4, -0.2) is 51.8 Å². The molecule has 15 heavy (non-hydrogen) atoms. The van der Waals surface area contributed by atoms with E-state index in [1.807, 2.05) is 0 Å². The zero-order valence-electron chi connectivity index (χ0n) is 8.91. The molecule has 0 radical (unpaired) electrons. The zero-order valence-corrected chi connectivity index (χ0v) is 9.91. The Kier molecular flexibility index (Phi) is 1.70. The molecule has 0 aromatic heterocycles. The predicted molar refractivity (Wildman–Crippen MR) is 57.8 cm³/mol. The molecule has 0 atom stereocenters. The van der Waals surface area contributed by atoms with E-state index in [9.17, 15) is 0 Å². The SMILES string of the molecule is C=CC(=C)[Si-]123OCC[N+]1(CCO2)CCO3. The van der Waals surface area contributed by atoms with Crippen LogP contribution in [0.25, 0.3) is 0 Å². The summed E-state index contributed by atoms with van der Waals surface area (Å²) in [5.74, 6) is 0. The third-order valence-corrected chi connectivity index (χ3v) is 9.95. The van der Waals surface area contributed by atoms with Gasteiger partial charge in [-0.25, -0.2) is 0 Å². The Bertz CT molecular complexity index is 323. The number of rotatable bonds is 2. The second-order valence-electron chi connectivity index (χ2n) is 4.53. The Morgan fingerprint density at radius 3 is 1.93 bits per heavy atom. The molecular formula is C10H17NO3Si. The van der Waals surface area contributed by atoms with E-state index < -0.39 is 8.24 Å². The van der Waals surface area contributed by atoms with Gasteiger partial charge in [0.2, 0.25) is 0 Å². The van der Waals surface area contributed by atoms with Crippen LogP contribution >= 0.6 is 0 Å². The maximum absolute atomic E-state index is 6.03. The molecule has 5 heteroatoms. The molecule has 0 amide bonds. The van der Waals surface area contributed by atoms with Crippen molar-refractivity contribution in [3.63, 3.8) is 0 Å². The molecule has 84 valence electrons. The molecule has 0 aliphatic carbocycles. The van der Waals surface area contributed by atoms with Gasteiger partial charge in [-0.2, -0.15) is 0 Å². The molecule has 3 fully saturated rings. The summed E-state index contributed by atoms with van der Waals surface area (Å²) in [4.78, 5) is 0. The van der Waals surface area contributed by atoms with Crippen LogP contribution in [0.4, 0.5) is 0 Å². The normalized spacial score (nSPS) is 42.5. The van der Waals surface area contributed by atoms with Gasteiger partial charge in [-0.15, -0.1) is 0 Å². The number of allylic oxidation sites excluding steroid dienone is 2. The summed E-state index contributed by atoms with van der Waals surface area (Å²) in [6, 6.07) is 0. The fourth-order valence-corrected chi connectivity index (χ4v) is 8.77. The third kappa shape index (κ3) is 0.765. The molecule has 0 aromatic carbocycles. The Hall–Kier alpha value is -0.463. The molecule has 0 spiro atoms. The monoisotopic (exact) mass is 227 g/mol. The van der Waals surface area contributed by atoms with Crippen molar-refractivity contribution in [3.8, 4) is 0 Å². The van der Waals surface area contributed by atoms with Crippen LogP contribution in [-0.2, 0) is 13.3 Å². The van der Waals surface area contributed by atoms with E-state index in [1.54, 1.807) is 6.08 Å². The van der Waals surface area contributed by atoms with E-state index in [1.165, 1.54) is 0 Å². The summed E-state index contributed by atoms with van der Waals surface area (Å²) in [7, 11) is -3.38. The van der Waals surface area contributed by atoms with Gasteiger partial charge in [0.15, 0.2) is 0 Å². The molecule has 0 saturated carbocycles. The fraction of sp³-hybridized carbons (Fsp3) is 0.600. The molecule has 0 bridgehead atoms. The van der Waals surface area contributed by atoms with E-state index in [0.29, 0.717) is 0 Å². The first kappa shape index (κ1) is 9.74. The first-order chi connectivity index (χ1) is 7.18. The van der Waals surface area contributed by atoms with Gasteiger partial charge in [-0.05, 0) is 0 Å². The first-order valence-electron chi connectivity index (χ1n) is 5.45. The topological polar surface area (TPSA) is 27.7 Å². The van der Waals surface area contributed by atoms with E-state index >= 15 is 0 Å². The number of nitrogens with zero attached hydrogens (tertiary/aromatic N) is 1. The Labute approximate surface area is 90.2 Å².